The maximum Gasteiger partial charge on any atom is 0.182 e. The Hall–Kier alpha value is -1.93. The van der Waals surface area contributed by atoms with Gasteiger partial charge in [0.05, 0.1) is 0 Å². The Bertz CT molecular complexity index is 615. The van der Waals surface area contributed by atoms with Crippen molar-refractivity contribution in [1.82, 2.24) is 0 Å². The van der Waals surface area contributed by atoms with E-state index in [9.17, 15) is 4.39 Å². The van der Waals surface area contributed by atoms with Gasteiger partial charge in [-0.3, -0.25) is 5.73 Å². The van der Waals surface area contributed by atoms with Gasteiger partial charge in [0.2, 0.25) is 0 Å². The summed E-state index contributed by atoms with van der Waals surface area (Å²) >= 11 is 0. The Morgan fingerprint density at radius 1 is 1.32 bits per heavy atom. The second-order valence-corrected chi connectivity index (χ2v) is 5.84. The molecule has 0 fully saturated rings. The van der Waals surface area contributed by atoms with Crippen molar-refractivity contribution in [2.75, 3.05) is 0 Å². The van der Waals surface area contributed by atoms with Crippen molar-refractivity contribution in [2.24, 2.45) is 5.73 Å². The molecule has 0 spiro atoms. The molecule has 0 heterocycles. The van der Waals surface area contributed by atoms with E-state index in [1.54, 1.807) is 12.1 Å². The van der Waals surface area contributed by atoms with Gasteiger partial charge >= 0.3 is 0 Å². The third-order valence-electron chi connectivity index (χ3n) is 3.65. The molecule has 0 saturated heterocycles. The van der Waals surface area contributed by atoms with Gasteiger partial charge in [-0.15, -0.1) is 6.58 Å². The molecular formula is C20H26FN. The lowest BCUT2D eigenvalue weighted by Crippen LogP contribution is -2.28. The molecule has 0 bridgehead atoms. The number of hydrogen-bond acceptors (Lipinski definition) is 1. The number of alkyl halides is 1. The normalized spacial score (nSPS) is 14.3. The van der Waals surface area contributed by atoms with Gasteiger partial charge in [-0.05, 0) is 62.0 Å². The summed E-state index contributed by atoms with van der Waals surface area (Å²) in [4.78, 5) is 0. The van der Waals surface area contributed by atoms with Gasteiger partial charge in [0.25, 0.3) is 0 Å². The predicted octanol–water partition coefficient (Wildman–Crippen LogP) is 5.75. The first kappa shape index (κ1) is 18.1. The second-order valence-electron chi connectivity index (χ2n) is 5.84. The van der Waals surface area contributed by atoms with Crippen LogP contribution in [-0.2, 0) is 5.79 Å². The third kappa shape index (κ3) is 4.54. The summed E-state index contributed by atoms with van der Waals surface area (Å²) in [6, 6.07) is 5.64. The van der Waals surface area contributed by atoms with Crippen molar-refractivity contribution in [3.8, 4) is 0 Å². The summed E-state index contributed by atoms with van der Waals surface area (Å²) in [7, 11) is 0. The zero-order valence-corrected chi connectivity index (χ0v) is 13.9. The van der Waals surface area contributed by atoms with Crippen molar-refractivity contribution < 1.29 is 4.39 Å². The highest BCUT2D eigenvalue weighted by Gasteiger charge is 2.24. The van der Waals surface area contributed by atoms with Crippen LogP contribution in [-0.4, -0.2) is 0 Å². The van der Waals surface area contributed by atoms with E-state index >= 15 is 0 Å². The molecule has 22 heavy (non-hydrogen) atoms. The molecule has 2 N–H and O–H groups in total. The van der Waals surface area contributed by atoms with Crippen LogP contribution in [0.25, 0.3) is 11.1 Å². The molecule has 1 aromatic rings. The molecule has 1 aromatic carbocycles. The second kappa shape index (κ2) is 7.37. The number of hydrogen-bond donors (Lipinski definition) is 1. The molecule has 118 valence electrons. The summed E-state index contributed by atoms with van der Waals surface area (Å²) in [5, 5.41) is 0. The van der Waals surface area contributed by atoms with Crippen molar-refractivity contribution in [3.63, 3.8) is 0 Å². The monoisotopic (exact) mass is 299 g/mol. The molecule has 1 unspecified atom stereocenters. The van der Waals surface area contributed by atoms with Crippen molar-refractivity contribution in [3.05, 3.63) is 72.4 Å². The highest BCUT2D eigenvalue weighted by molar-refractivity contribution is 5.78. The molecule has 2 heteroatoms. The van der Waals surface area contributed by atoms with Crippen molar-refractivity contribution in [1.29, 1.82) is 0 Å². The van der Waals surface area contributed by atoms with Gasteiger partial charge in [0, 0.05) is 5.56 Å². The highest BCUT2D eigenvalue weighted by Crippen LogP contribution is 2.32. The van der Waals surface area contributed by atoms with Gasteiger partial charge in [0.15, 0.2) is 5.79 Å². The maximum atomic E-state index is 14.4. The fraction of sp³-hybridized carbons (Fsp3) is 0.300. The summed E-state index contributed by atoms with van der Waals surface area (Å²) in [6.45, 7) is 17.0. The smallest absolute Gasteiger partial charge is 0.182 e. The van der Waals surface area contributed by atoms with Gasteiger partial charge in [0.1, 0.15) is 0 Å². The van der Waals surface area contributed by atoms with Crippen LogP contribution in [0.2, 0.25) is 0 Å². The lowest BCUT2D eigenvalue weighted by molar-refractivity contribution is 0.202. The van der Waals surface area contributed by atoms with Crippen LogP contribution in [0.15, 0.2) is 55.7 Å². The standard InChI is InChI=1S/C20H26FN/c1-7-16(8-2)18-12-11-17(13-19(18)20(6,21)22)15(5)10-9-14(3)4/h7-8,11-13H,1,3,5,9-10,22H2,2,4,6H3/b16-8+. The van der Waals surface area contributed by atoms with E-state index in [0.29, 0.717) is 5.56 Å². The number of benzene rings is 1. The Balaban J connectivity index is 3.29. The maximum absolute atomic E-state index is 14.4. The van der Waals surface area contributed by atoms with Gasteiger partial charge in [-0.2, -0.15) is 0 Å². The van der Waals surface area contributed by atoms with E-state index in [0.717, 1.165) is 40.7 Å². The molecule has 0 radical (unpaired) electrons. The zero-order valence-electron chi connectivity index (χ0n) is 13.9. The first-order valence-corrected chi connectivity index (χ1v) is 7.44. The fourth-order valence-electron chi connectivity index (χ4n) is 2.31. The number of allylic oxidation sites excluding steroid dienone is 5. The lowest BCUT2D eigenvalue weighted by Gasteiger charge is -2.21. The first-order valence-electron chi connectivity index (χ1n) is 7.44. The predicted molar refractivity (Wildman–Crippen MR) is 96.0 cm³/mol. The SMILES string of the molecule is C=C/C(=C\C)c1ccc(C(=C)CCC(=C)C)cc1C(C)(N)F. The molecule has 1 rings (SSSR count). The van der Waals surface area contributed by atoms with Gasteiger partial charge < -0.3 is 0 Å². The van der Waals surface area contributed by atoms with E-state index in [1.165, 1.54) is 6.92 Å². The van der Waals surface area contributed by atoms with Crippen LogP contribution in [0.1, 0.15) is 50.3 Å². The average molecular weight is 299 g/mol. The van der Waals surface area contributed by atoms with E-state index < -0.39 is 5.79 Å². The van der Waals surface area contributed by atoms with Crippen LogP contribution in [0.5, 0.6) is 0 Å². The van der Waals surface area contributed by atoms with E-state index in [-0.39, 0.29) is 0 Å². The molecule has 0 aliphatic carbocycles. The number of nitrogens with two attached hydrogens (primary N) is 1. The minimum absolute atomic E-state index is 0.453. The number of rotatable bonds is 7. The first-order chi connectivity index (χ1) is 10.2. The van der Waals surface area contributed by atoms with Crippen LogP contribution >= 0.6 is 0 Å². The Kier molecular flexibility index (Phi) is 6.07. The molecule has 0 saturated carbocycles. The summed E-state index contributed by atoms with van der Waals surface area (Å²) in [6.07, 6.45) is 5.28. The summed E-state index contributed by atoms with van der Waals surface area (Å²) in [5.41, 5.74) is 10.8. The quantitative estimate of drug-likeness (QED) is 0.387. The molecule has 0 amide bonds. The number of halogens is 1. The molecule has 0 aromatic heterocycles. The minimum Gasteiger partial charge on any atom is -0.296 e. The molecule has 0 aliphatic heterocycles. The molecule has 0 aliphatic rings. The average Bonchev–Trinajstić information content (AvgIpc) is 2.45. The van der Waals surface area contributed by atoms with Gasteiger partial charge in [-0.25, -0.2) is 4.39 Å². The Labute approximate surface area is 133 Å². The van der Waals surface area contributed by atoms with Crippen LogP contribution in [0.3, 0.4) is 0 Å². The highest BCUT2D eigenvalue weighted by atomic mass is 19.1. The zero-order chi connectivity index (χ0) is 16.9. The van der Waals surface area contributed by atoms with Crippen molar-refractivity contribution in [2.45, 2.75) is 39.4 Å². The van der Waals surface area contributed by atoms with Crippen LogP contribution in [0.4, 0.5) is 4.39 Å². The van der Waals surface area contributed by atoms with Crippen LogP contribution in [0, 0.1) is 0 Å². The van der Waals surface area contributed by atoms with Gasteiger partial charge in [-0.1, -0.05) is 43.0 Å². The molecular weight excluding hydrogens is 273 g/mol. The topological polar surface area (TPSA) is 26.0 Å². The van der Waals surface area contributed by atoms with E-state index in [4.69, 9.17) is 5.73 Å². The third-order valence-corrected chi connectivity index (χ3v) is 3.65. The van der Waals surface area contributed by atoms with Crippen molar-refractivity contribution >= 4 is 11.1 Å². The Morgan fingerprint density at radius 3 is 2.41 bits per heavy atom. The van der Waals surface area contributed by atoms with Crippen LogP contribution < -0.4 is 5.73 Å². The lowest BCUT2D eigenvalue weighted by atomic mass is 9.89. The minimum atomic E-state index is -1.92. The van der Waals surface area contributed by atoms with E-state index in [1.807, 2.05) is 32.1 Å². The van der Waals surface area contributed by atoms with E-state index in [2.05, 4.69) is 19.7 Å². The molecule has 1 atom stereocenters. The summed E-state index contributed by atoms with van der Waals surface area (Å²) < 4.78 is 14.4. The summed E-state index contributed by atoms with van der Waals surface area (Å²) in [5.74, 6) is -1.92. The largest absolute Gasteiger partial charge is 0.296 e. The molecule has 1 nitrogen and oxygen atoms in total. The Morgan fingerprint density at radius 2 is 1.95 bits per heavy atom. The fourth-order valence-corrected chi connectivity index (χ4v) is 2.31.